The van der Waals surface area contributed by atoms with E-state index in [0.29, 0.717) is 5.69 Å². The molecule has 11 heteroatoms. The molecule has 0 aromatic carbocycles. The van der Waals surface area contributed by atoms with Crippen LogP contribution >= 0.6 is 0 Å². The lowest BCUT2D eigenvalue weighted by Crippen LogP contribution is -2.39. The van der Waals surface area contributed by atoms with Crippen LogP contribution in [0.5, 0.6) is 0 Å². The summed E-state index contributed by atoms with van der Waals surface area (Å²) in [4.78, 5) is 17.9. The zero-order valence-electron chi connectivity index (χ0n) is 16.3. The van der Waals surface area contributed by atoms with E-state index in [4.69, 9.17) is 8.92 Å². The molecule has 1 N–H and O–H groups in total. The van der Waals surface area contributed by atoms with Gasteiger partial charge in [0.05, 0.1) is 11.9 Å². The highest BCUT2D eigenvalue weighted by atomic mass is 32.2. The van der Waals surface area contributed by atoms with Crippen molar-refractivity contribution >= 4 is 27.7 Å². The topological polar surface area (TPSA) is 97.8 Å². The molecule has 0 bridgehead atoms. The minimum Gasteiger partial charge on any atom is -0.444 e. The third kappa shape index (κ3) is 7.55. The molecule has 0 spiro atoms. The number of carbonyl (C=O) groups excluding carboxylic acids is 1. The number of ether oxygens (including phenoxy) is 1. The van der Waals surface area contributed by atoms with Gasteiger partial charge in [-0.15, -0.1) is 0 Å². The van der Waals surface area contributed by atoms with Crippen LogP contribution in [0.1, 0.15) is 39.3 Å². The van der Waals surface area contributed by atoms with E-state index in [1.54, 1.807) is 31.7 Å². The normalized spacial score (nSPS) is 17.3. The van der Waals surface area contributed by atoms with Gasteiger partial charge < -0.3 is 9.64 Å². The predicted molar refractivity (Wildman–Crippen MR) is 100 cm³/mol. The lowest BCUT2D eigenvalue weighted by atomic mass is 10.1. The zero-order valence-corrected chi connectivity index (χ0v) is 17.1. The van der Waals surface area contributed by atoms with Gasteiger partial charge in [0.15, 0.2) is 0 Å². The molecule has 2 heterocycles. The molecule has 1 saturated heterocycles. The number of piperidine rings is 1. The van der Waals surface area contributed by atoms with Crippen molar-refractivity contribution in [1.29, 1.82) is 0 Å². The first-order valence-corrected chi connectivity index (χ1v) is 10.5. The fourth-order valence-corrected chi connectivity index (χ4v) is 2.89. The molecule has 1 aromatic heterocycles. The molecule has 1 fully saturated rings. The van der Waals surface area contributed by atoms with Crippen molar-refractivity contribution < 1.29 is 30.9 Å². The summed E-state index contributed by atoms with van der Waals surface area (Å²) in [5, 5.41) is 2.48. The highest BCUT2D eigenvalue weighted by molar-refractivity contribution is 7.85. The van der Waals surface area contributed by atoms with Crippen molar-refractivity contribution in [2.24, 2.45) is 0 Å². The van der Waals surface area contributed by atoms with E-state index >= 15 is 0 Å². The summed E-state index contributed by atoms with van der Waals surface area (Å²) in [6.07, 6.45) is -0.417. The minimum absolute atomic E-state index is 0.108. The summed E-state index contributed by atoms with van der Waals surface area (Å²) in [6, 6.07) is 3.08. The molecule has 0 unspecified atom stereocenters. The van der Waals surface area contributed by atoms with Crippen LogP contribution in [0.25, 0.3) is 0 Å². The molecule has 1 aliphatic rings. The maximum absolute atomic E-state index is 13.4. The van der Waals surface area contributed by atoms with E-state index < -0.39 is 27.7 Å². The van der Waals surface area contributed by atoms with Gasteiger partial charge in [0.1, 0.15) is 18.0 Å². The molecule has 1 amide bonds. The van der Waals surface area contributed by atoms with Gasteiger partial charge in [-0.05, 0) is 26.8 Å². The third-order valence-corrected chi connectivity index (χ3v) is 4.32. The monoisotopic (exact) mass is 421 g/mol. The Morgan fingerprint density at radius 2 is 1.89 bits per heavy atom. The van der Waals surface area contributed by atoms with Crippen molar-refractivity contribution in [3.05, 3.63) is 17.8 Å². The first kappa shape index (κ1) is 22.3. The lowest BCUT2D eigenvalue weighted by molar-refractivity contribution is -0.0220. The average molecular weight is 421 g/mol. The number of hydrogen-bond donors (Lipinski definition) is 1. The summed E-state index contributed by atoms with van der Waals surface area (Å²) in [7, 11) is -3.70. The number of nitrogens with one attached hydrogen (secondary N) is 1. The second-order valence-electron chi connectivity index (χ2n) is 7.64. The molecule has 0 saturated carbocycles. The van der Waals surface area contributed by atoms with E-state index in [-0.39, 0.29) is 44.0 Å². The Morgan fingerprint density at radius 1 is 1.29 bits per heavy atom. The van der Waals surface area contributed by atoms with Crippen molar-refractivity contribution in [3.8, 4) is 0 Å². The number of nitrogens with zero attached hydrogens (tertiary/aromatic N) is 2. The molecular weight excluding hydrogens is 396 g/mol. The molecule has 1 aliphatic heterocycles. The third-order valence-electron chi connectivity index (χ3n) is 3.77. The molecule has 2 rings (SSSR count). The molecule has 28 heavy (non-hydrogen) atoms. The predicted octanol–water partition coefficient (Wildman–Crippen LogP) is 3.14. The fraction of sp³-hybridized carbons (Fsp3) is 0.647. The maximum Gasteiger partial charge on any atom is 0.413 e. The minimum atomic E-state index is -3.70. The van der Waals surface area contributed by atoms with Crippen LogP contribution in [0.3, 0.4) is 0 Å². The van der Waals surface area contributed by atoms with Gasteiger partial charge in [-0.1, -0.05) is 0 Å². The Kier molecular flexibility index (Phi) is 6.49. The number of aromatic nitrogens is 1. The van der Waals surface area contributed by atoms with Crippen LogP contribution in [0.15, 0.2) is 12.1 Å². The van der Waals surface area contributed by atoms with Crippen LogP contribution < -0.4 is 10.2 Å². The number of hydrogen-bond acceptors (Lipinski definition) is 7. The molecule has 8 nitrogen and oxygen atoms in total. The van der Waals surface area contributed by atoms with Gasteiger partial charge in [-0.3, -0.25) is 9.50 Å². The van der Waals surface area contributed by atoms with Crippen LogP contribution in [0.2, 0.25) is 0 Å². The van der Waals surface area contributed by atoms with Crippen LogP contribution in [-0.4, -0.2) is 50.4 Å². The maximum atomic E-state index is 13.4. The van der Waals surface area contributed by atoms with Gasteiger partial charge in [0.25, 0.3) is 16.0 Å². The van der Waals surface area contributed by atoms with Crippen molar-refractivity contribution in [1.82, 2.24) is 4.98 Å². The fourth-order valence-electron chi connectivity index (χ4n) is 2.56. The van der Waals surface area contributed by atoms with Gasteiger partial charge in [-0.25, -0.2) is 18.6 Å². The van der Waals surface area contributed by atoms with Crippen LogP contribution in [0.4, 0.5) is 25.1 Å². The Hall–Kier alpha value is -2.01. The van der Waals surface area contributed by atoms with E-state index in [2.05, 4.69) is 10.3 Å². The van der Waals surface area contributed by atoms with Gasteiger partial charge in [0, 0.05) is 37.7 Å². The van der Waals surface area contributed by atoms with Crippen LogP contribution in [0, 0.1) is 0 Å². The highest BCUT2D eigenvalue weighted by Crippen LogP contribution is 2.31. The number of carbonyl (C=O) groups is 1. The number of anilines is 2. The standard InChI is InChI=1S/C17H25F2N3O5S/c1-16(2,3)27-15(23)21-14-10-13(22-7-5-17(18,19)6-8-22)9-12(20-14)11-26-28(4,24)25/h9-10H,5-8,11H2,1-4H3,(H,20,21,23). The van der Waals surface area contributed by atoms with Gasteiger partial charge >= 0.3 is 6.09 Å². The summed E-state index contributed by atoms with van der Waals surface area (Å²) in [6.45, 7) is 5.01. The molecule has 0 atom stereocenters. The number of amides is 1. The number of alkyl halides is 2. The molecule has 1 aromatic rings. The number of halogens is 2. The largest absolute Gasteiger partial charge is 0.444 e. The Labute approximate surface area is 163 Å². The van der Waals surface area contributed by atoms with E-state index in [9.17, 15) is 22.0 Å². The first-order chi connectivity index (χ1) is 12.7. The molecular formula is C17H25F2N3O5S. The van der Waals surface area contributed by atoms with E-state index in [0.717, 1.165) is 6.26 Å². The number of pyridine rings is 1. The Balaban J connectivity index is 2.24. The zero-order chi connectivity index (χ0) is 21.2. The Morgan fingerprint density at radius 3 is 2.43 bits per heavy atom. The Bertz CT molecular complexity index is 815. The van der Waals surface area contributed by atoms with Gasteiger partial charge in [0.2, 0.25) is 0 Å². The first-order valence-electron chi connectivity index (χ1n) is 8.71. The quantitative estimate of drug-likeness (QED) is 0.730. The van der Waals surface area contributed by atoms with Crippen molar-refractivity contribution in [3.63, 3.8) is 0 Å². The smallest absolute Gasteiger partial charge is 0.413 e. The molecule has 0 radical (unpaired) electrons. The second kappa shape index (κ2) is 8.16. The summed E-state index contributed by atoms with van der Waals surface area (Å²) < 4.78 is 59.3. The van der Waals surface area contributed by atoms with Crippen LogP contribution in [-0.2, 0) is 25.6 Å². The number of rotatable bonds is 5. The lowest BCUT2D eigenvalue weighted by Gasteiger charge is -2.33. The second-order valence-corrected chi connectivity index (χ2v) is 9.28. The summed E-state index contributed by atoms with van der Waals surface area (Å²) in [5.41, 5.74) is 0.0394. The molecule has 0 aliphatic carbocycles. The average Bonchev–Trinajstić information content (AvgIpc) is 2.50. The van der Waals surface area contributed by atoms with E-state index in [1.807, 2.05) is 0 Å². The SMILES string of the molecule is CC(C)(C)OC(=O)Nc1cc(N2CCC(F)(F)CC2)cc(COS(C)(=O)=O)n1. The van der Waals surface area contributed by atoms with Gasteiger partial charge in [-0.2, -0.15) is 8.42 Å². The molecule has 158 valence electrons. The van der Waals surface area contributed by atoms with Crippen molar-refractivity contribution in [2.45, 2.75) is 51.7 Å². The highest BCUT2D eigenvalue weighted by Gasteiger charge is 2.34. The summed E-state index contributed by atoms with van der Waals surface area (Å²) >= 11 is 0. The van der Waals surface area contributed by atoms with Crippen molar-refractivity contribution in [2.75, 3.05) is 29.6 Å². The summed E-state index contributed by atoms with van der Waals surface area (Å²) in [5.74, 6) is -2.60. The van der Waals surface area contributed by atoms with E-state index in [1.165, 1.54) is 6.07 Å².